The van der Waals surface area contributed by atoms with Crippen LogP contribution < -0.4 is 5.32 Å². The topological polar surface area (TPSA) is 98.3 Å². The van der Waals surface area contributed by atoms with Crippen molar-refractivity contribution in [1.29, 1.82) is 0 Å². The van der Waals surface area contributed by atoms with Crippen molar-refractivity contribution in [2.75, 3.05) is 5.32 Å². The monoisotopic (exact) mass is 343 g/mol. The number of amides is 1. The van der Waals surface area contributed by atoms with Crippen LogP contribution in [0.3, 0.4) is 0 Å². The largest absolute Gasteiger partial charge is 0.433 e. The van der Waals surface area contributed by atoms with Crippen LogP contribution in [0.15, 0.2) is 40.1 Å². The average Bonchev–Trinajstić information content (AvgIpc) is 3.16. The van der Waals surface area contributed by atoms with Crippen molar-refractivity contribution in [1.82, 2.24) is 4.98 Å². The van der Waals surface area contributed by atoms with Gasteiger partial charge in [0.15, 0.2) is 10.9 Å². The number of hydrogen-bond acceptors (Lipinski definition) is 6. The van der Waals surface area contributed by atoms with Gasteiger partial charge in [-0.1, -0.05) is 23.8 Å². The minimum atomic E-state index is -0.696. The number of nitro groups is 1. The lowest BCUT2D eigenvalue weighted by atomic mass is 10.0. The van der Waals surface area contributed by atoms with Crippen LogP contribution in [0.2, 0.25) is 0 Å². The molecular weight excluding hydrogens is 330 g/mol. The lowest BCUT2D eigenvalue weighted by molar-refractivity contribution is -0.402. The molecule has 24 heavy (non-hydrogen) atoms. The first kappa shape index (κ1) is 15.9. The Morgan fingerprint density at radius 1 is 1.29 bits per heavy atom. The van der Waals surface area contributed by atoms with Crippen molar-refractivity contribution in [2.45, 2.75) is 13.8 Å². The third-order valence-electron chi connectivity index (χ3n) is 3.38. The number of benzene rings is 1. The molecule has 0 fully saturated rings. The number of hydrogen-bond donors (Lipinski definition) is 1. The zero-order chi connectivity index (χ0) is 17.3. The highest BCUT2D eigenvalue weighted by Crippen LogP contribution is 2.28. The van der Waals surface area contributed by atoms with Crippen LogP contribution >= 0.6 is 11.3 Å². The molecular formula is C16H13N3O4S. The van der Waals surface area contributed by atoms with Gasteiger partial charge in [-0.25, -0.2) is 4.98 Å². The van der Waals surface area contributed by atoms with Crippen LogP contribution in [-0.2, 0) is 0 Å². The first-order valence-electron chi connectivity index (χ1n) is 7.03. The van der Waals surface area contributed by atoms with Crippen molar-refractivity contribution in [3.8, 4) is 11.3 Å². The van der Waals surface area contributed by atoms with Gasteiger partial charge in [-0.2, -0.15) is 0 Å². The van der Waals surface area contributed by atoms with E-state index in [-0.39, 0.29) is 5.76 Å². The number of rotatable bonds is 4. The molecule has 0 saturated heterocycles. The van der Waals surface area contributed by atoms with E-state index in [0.717, 1.165) is 22.9 Å². The molecule has 2 heterocycles. The predicted molar refractivity (Wildman–Crippen MR) is 90.3 cm³/mol. The Hall–Kier alpha value is -3.00. The molecule has 0 radical (unpaired) electrons. The van der Waals surface area contributed by atoms with E-state index >= 15 is 0 Å². The molecule has 0 saturated carbocycles. The highest BCUT2D eigenvalue weighted by atomic mass is 32.1. The van der Waals surface area contributed by atoms with E-state index in [2.05, 4.69) is 16.4 Å². The van der Waals surface area contributed by atoms with Gasteiger partial charge >= 0.3 is 5.88 Å². The summed E-state index contributed by atoms with van der Waals surface area (Å²) in [5.74, 6) is -1.19. The van der Waals surface area contributed by atoms with Gasteiger partial charge < -0.3 is 4.42 Å². The summed E-state index contributed by atoms with van der Waals surface area (Å²) in [6, 6.07) is 8.45. The molecule has 0 unspecified atom stereocenters. The van der Waals surface area contributed by atoms with Gasteiger partial charge in [0, 0.05) is 10.9 Å². The molecule has 1 amide bonds. The molecule has 3 aromatic rings. The number of carbonyl (C=O) groups excluding carboxylic acids is 1. The minimum Gasteiger partial charge on any atom is -0.395 e. The van der Waals surface area contributed by atoms with Gasteiger partial charge in [0.1, 0.15) is 4.92 Å². The van der Waals surface area contributed by atoms with E-state index in [1.807, 2.05) is 31.4 Å². The summed E-state index contributed by atoms with van der Waals surface area (Å²) in [6.07, 6.45) is 0. The summed E-state index contributed by atoms with van der Waals surface area (Å²) < 4.78 is 4.87. The Morgan fingerprint density at radius 2 is 2.08 bits per heavy atom. The molecule has 1 aromatic carbocycles. The average molecular weight is 343 g/mol. The third-order valence-corrected chi connectivity index (χ3v) is 4.14. The summed E-state index contributed by atoms with van der Waals surface area (Å²) in [6.45, 7) is 4.02. The van der Waals surface area contributed by atoms with Crippen LogP contribution in [-0.4, -0.2) is 15.8 Å². The van der Waals surface area contributed by atoms with Crippen LogP contribution in [0.1, 0.15) is 21.7 Å². The molecule has 1 N–H and O–H groups in total. The van der Waals surface area contributed by atoms with E-state index in [1.165, 1.54) is 23.0 Å². The molecule has 0 aliphatic carbocycles. The second-order valence-corrected chi connectivity index (χ2v) is 6.06. The lowest BCUT2D eigenvalue weighted by Gasteiger charge is -2.03. The van der Waals surface area contributed by atoms with E-state index in [9.17, 15) is 14.9 Å². The van der Waals surface area contributed by atoms with Crippen molar-refractivity contribution in [3.05, 3.63) is 62.7 Å². The second-order valence-electron chi connectivity index (χ2n) is 5.21. The number of furan rings is 1. The van der Waals surface area contributed by atoms with Crippen molar-refractivity contribution in [2.24, 2.45) is 0 Å². The zero-order valence-corrected chi connectivity index (χ0v) is 13.7. The second kappa shape index (κ2) is 6.25. The number of aryl methyl sites for hydroxylation is 2. The van der Waals surface area contributed by atoms with E-state index in [0.29, 0.717) is 5.13 Å². The van der Waals surface area contributed by atoms with Crippen molar-refractivity contribution < 1.29 is 14.1 Å². The lowest BCUT2D eigenvalue weighted by Crippen LogP contribution is -2.10. The predicted octanol–water partition coefficient (Wildman–Crippen LogP) is 4.18. The number of nitrogens with one attached hydrogen (secondary N) is 1. The maximum atomic E-state index is 12.0. The summed E-state index contributed by atoms with van der Waals surface area (Å²) in [5, 5.41) is 15.4. The summed E-state index contributed by atoms with van der Waals surface area (Å²) >= 11 is 1.27. The fraction of sp³-hybridized carbons (Fsp3) is 0.125. The number of anilines is 1. The molecule has 0 spiro atoms. The quantitative estimate of drug-likeness (QED) is 0.566. The molecule has 8 heteroatoms. The van der Waals surface area contributed by atoms with Gasteiger partial charge in [-0.3, -0.25) is 20.2 Å². The van der Waals surface area contributed by atoms with Crippen LogP contribution in [0.25, 0.3) is 11.3 Å². The SMILES string of the molecule is Cc1ccc(-c2csc(NC(=O)c3ccc([N+](=O)[O-])o3)n2)c(C)c1. The first-order valence-corrected chi connectivity index (χ1v) is 7.91. The Bertz CT molecular complexity index is 929. The van der Waals surface area contributed by atoms with Crippen molar-refractivity contribution in [3.63, 3.8) is 0 Å². The molecule has 0 atom stereocenters. The molecule has 3 rings (SSSR count). The molecule has 122 valence electrons. The Balaban J connectivity index is 1.78. The molecule has 0 aliphatic heterocycles. The Kier molecular flexibility index (Phi) is 4.13. The number of carbonyl (C=O) groups is 1. The smallest absolute Gasteiger partial charge is 0.395 e. The van der Waals surface area contributed by atoms with Gasteiger partial charge in [0.05, 0.1) is 11.8 Å². The van der Waals surface area contributed by atoms with Gasteiger partial charge in [-0.15, -0.1) is 11.3 Å². The summed E-state index contributed by atoms with van der Waals surface area (Å²) in [5.41, 5.74) is 4.02. The fourth-order valence-corrected chi connectivity index (χ4v) is 2.97. The number of aromatic nitrogens is 1. The highest BCUT2D eigenvalue weighted by molar-refractivity contribution is 7.14. The summed E-state index contributed by atoms with van der Waals surface area (Å²) in [7, 11) is 0. The maximum Gasteiger partial charge on any atom is 0.433 e. The normalized spacial score (nSPS) is 10.6. The van der Waals surface area contributed by atoms with Crippen LogP contribution in [0.4, 0.5) is 11.0 Å². The number of thiazole rings is 1. The summed E-state index contributed by atoms with van der Waals surface area (Å²) in [4.78, 5) is 26.3. The van der Waals surface area contributed by atoms with Gasteiger partial charge in [-0.05, 0) is 25.5 Å². The Labute approximate surface area is 141 Å². The first-order chi connectivity index (χ1) is 11.4. The number of nitrogens with zero attached hydrogens (tertiary/aromatic N) is 2. The molecule has 7 nitrogen and oxygen atoms in total. The van der Waals surface area contributed by atoms with Crippen LogP contribution in [0.5, 0.6) is 0 Å². The molecule has 2 aromatic heterocycles. The fourth-order valence-electron chi connectivity index (χ4n) is 2.26. The van der Waals surface area contributed by atoms with Gasteiger partial charge in [0.2, 0.25) is 0 Å². The van der Waals surface area contributed by atoms with E-state index in [4.69, 9.17) is 4.42 Å². The zero-order valence-electron chi connectivity index (χ0n) is 12.9. The van der Waals surface area contributed by atoms with Crippen molar-refractivity contribution >= 4 is 28.3 Å². The van der Waals surface area contributed by atoms with Crippen LogP contribution in [0, 0.1) is 24.0 Å². The Morgan fingerprint density at radius 3 is 2.75 bits per heavy atom. The van der Waals surface area contributed by atoms with E-state index < -0.39 is 16.7 Å². The molecule has 0 bridgehead atoms. The standard InChI is InChI=1S/C16H13N3O4S/c1-9-3-4-11(10(2)7-9)12-8-24-16(17-12)18-15(20)13-5-6-14(23-13)19(21)22/h3-8H,1-2H3,(H,17,18,20). The third kappa shape index (κ3) is 3.18. The van der Waals surface area contributed by atoms with E-state index in [1.54, 1.807) is 0 Å². The van der Waals surface area contributed by atoms with Gasteiger partial charge in [0.25, 0.3) is 5.91 Å². The highest BCUT2D eigenvalue weighted by Gasteiger charge is 2.18. The minimum absolute atomic E-state index is 0.134. The molecule has 0 aliphatic rings. The maximum absolute atomic E-state index is 12.0.